The first kappa shape index (κ1) is 28.3. The molecule has 0 saturated carbocycles. The maximum Gasteiger partial charge on any atom is 0.337 e. The van der Waals surface area contributed by atoms with Gasteiger partial charge in [0.15, 0.2) is 5.78 Å². The highest BCUT2D eigenvalue weighted by atomic mass is 16.5. The van der Waals surface area contributed by atoms with Crippen LogP contribution in [-0.4, -0.2) is 42.8 Å². The number of hydrogen-bond acceptors (Lipinski definition) is 6. The van der Waals surface area contributed by atoms with Gasteiger partial charge in [-0.05, 0) is 59.7 Å². The Morgan fingerprint density at radius 2 is 1.74 bits per heavy atom. The molecule has 0 saturated heterocycles. The van der Waals surface area contributed by atoms with Gasteiger partial charge in [0, 0.05) is 41.3 Å². The quantitative estimate of drug-likeness (QED) is 0.236. The van der Waals surface area contributed by atoms with Gasteiger partial charge in [-0.15, -0.1) is 0 Å². The second kappa shape index (κ2) is 11.4. The molecule has 4 aromatic rings. The number of ether oxygens (including phenoxy) is 1. The molecule has 3 N–H and O–H groups in total. The molecule has 220 valence electrons. The van der Waals surface area contributed by atoms with E-state index >= 15 is 0 Å². The average Bonchev–Trinajstić information content (AvgIpc) is 3.34. The Morgan fingerprint density at radius 1 is 1.00 bits per heavy atom. The van der Waals surface area contributed by atoms with Crippen LogP contribution in [0.2, 0.25) is 0 Å². The lowest BCUT2D eigenvalue weighted by Gasteiger charge is -2.38. The number of ketones is 1. The van der Waals surface area contributed by atoms with Crippen molar-refractivity contribution >= 4 is 39.9 Å². The number of anilines is 2. The predicted molar refractivity (Wildman–Crippen MR) is 168 cm³/mol. The van der Waals surface area contributed by atoms with E-state index in [1.807, 2.05) is 65.7 Å². The van der Waals surface area contributed by atoms with Crippen molar-refractivity contribution in [2.75, 3.05) is 30.4 Å². The van der Waals surface area contributed by atoms with E-state index in [0.29, 0.717) is 36.9 Å². The van der Waals surface area contributed by atoms with Crippen LogP contribution in [0.3, 0.4) is 0 Å². The number of methoxy groups -OCH3 is 1. The number of nitrogens with zero attached hydrogens (tertiary/aromatic N) is 1. The van der Waals surface area contributed by atoms with Gasteiger partial charge in [-0.3, -0.25) is 9.59 Å². The number of para-hydroxylation sites is 3. The number of carbonyl (C=O) groups is 3. The van der Waals surface area contributed by atoms with Crippen molar-refractivity contribution < 1.29 is 19.1 Å². The van der Waals surface area contributed by atoms with Crippen LogP contribution in [0.25, 0.3) is 10.9 Å². The summed E-state index contributed by atoms with van der Waals surface area (Å²) in [5.74, 6) is -0.516. The summed E-state index contributed by atoms with van der Waals surface area (Å²) in [7, 11) is 1.35. The maximum atomic E-state index is 13.9. The zero-order chi connectivity index (χ0) is 30.1. The highest BCUT2D eigenvalue weighted by molar-refractivity contribution is 6.02. The molecule has 8 heteroatoms. The number of esters is 1. The van der Waals surface area contributed by atoms with Gasteiger partial charge in [-0.1, -0.05) is 56.3 Å². The summed E-state index contributed by atoms with van der Waals surface area (Å²) < 4.78 is 4.90. The summed E-state index contributed by atoms with van der Waals surface area (Å²) in [6.07, 6.45) is 3.79. The molecule has 6 rings (SSSR count). The highest BCUT2D eigenvalue weighted by Crippen LogP contribution is 2.48. The van der Waals surface area contributed by atoms with E-state index in [1.165, 1.54) is 7.11 Å². The third kappa shape index (κ3) is 5.65. The largest absolute Gasteiger partial charge is 0.465 e. The van der Waals surface area contributed by atoms with Crippen LogP contribution < -0.4 is 15.5 Å². The third-order valence-corrected chi connectivity index (χ3v) is 8.36. The Kier molecular flexibility index (Phi) is 7.52. The molecule has 8 nitrogen and oxygen atoms in total. The Balaban J connectivity index is 1.34. The molecule has 1 aliphatic heterocycles. The number of aromatic amines is 1. The SMILES string of the molecule is COC(=O)c1ccc(C2C3=C(CC(C)(C)CC3=O)Nc3ccccc3N2CC(=O)NCCc2c[nH]c3ccccc23)cc1. The molecule has 0 bridgehead atoms. The molecular formula is C35H36N4O4. The highest BCUT2D eigenvalue weighted by Gasteiger charge is 2.41. The fourth-order valence-electron chi connectivity index (χ4n) is 6.38. The number of hydrogen-bond donors (Lipinski definition) is 3. The zero-order valence-electron chi connectivity index (χ0n) is 24.7. The normalized spacial score (nSPS) is 17.5. The summed E-state index contributed by atoms with van der Waals surface area (Å²) in [5.41, 5.74) is 6.47. The second-order valence-corrected chi connectivity index (χ2v) is 12.1. The Hall–Kier alpha value is -4.85. The van der Waals surface area contributed by atoms with E-state index in [9.17, 15) is 14.4 Å². The van der Waals surface area contributed by atoms with Crippen LogP contribution >= 0.6 is 0 Å². The minimum Gasteiger partial charge on any atom is -0.465 e. The zero-order valence-corrected chi connectivity index (χ0v) is 24.7. The topological polar surface area (TPSA) is 104 Å². The van der Waals surface area contributed by atoms with Crippen LogP contribution in [-0.2, 0) is 20.7 Å². The lowest BCUT2D eigenvalue weighted by atomic mass is 9.73. The fourth-order valence-corrected chi connectivity index (χ4v) is 6.38. The minimum absolute atomic E-state index is 0.0451. The van der Waals surface area contributed by atoms with Crippen LogP contribution in [0.4, 0.5) is 11.4 Å². The van der Waals surface area contributed by atoms with E-state index in [2.05, 4.69) is 35.5 Å². The van der Waals surface area contributed by atoms with E-state index in [1.54, 1.807) is 12.1 Å². The van der Waals surface area contributed by atoms with Gasteiger partial charge in [0.05, 0.1) is 36.6 Å². The van der Waals surface area contributed by atoms with Crippen molar-refractivity contribution in [1.82, 2.24) is 10.3 Å². The fraction of sp³-hybridized carbons (Fsp3) is 0.286. The average molecular weight is 577 g/mol. The number of H-pyrrole nitrogens is 1. The second-order valence-electron chi connectivity index (χ2n) is 12.1. The molecule has 0 spiro atoms. The van der Waals surface area contributed by atoms with Gasteiger partial charge in [0.1, 0.15) is 0 Å². The maximum absolute atomic E-state index is 13.9. The summed E-state index contributed by atoms with van der Waals surface area (Å²) in [6, 6.07) is 22.6. The number of allylic oxidation sites excluding steroid dienone is 1. The van der Waals surface area contributed by atoms with E-state index in [-0.39, 0.29) is 23.7 Å². The van der Waals surface area contributed by atoms with Gasteiger partial charge >= 0.3 is 5.97 Å². The van der Waals surface area contributed by atoms with Gasteiger partial charge in [0.2, 0.25) is 5.91 Å². The molecular weight excluding hydrogens is 540 g/mol. The summed E-state index contributed by atoms with van der Waals surface area (Å²) >= 11 is 0. The number of nitrogens with one attached hydrogen (secondary N) is 3. The Morgan fingerprint density at radius 3 is 2.53 bits per heavy atom. The lowest BCUT2D eigenvalue weighted by molar-refractivity contribution is -0.120. The number of amides is 1. The molecule has 1 amide bonds. The van der Waals surface area contributed by atoms with Crippen molar-refractivity contribution in [3.8, 4) is 0 Å². The number of Topliss-reactive ketones (excluding diaryl/α,β-unsaturated/α-hetero) is 1. The first-order valence-electron chi connectivity index (χ1n) is 14.6. The molecule has 0 radical (unpaired) electrons. The summed E-state index contributed by atoms with van der Waals surface area (Å²) in [4.78, 5) is 45.0. The Bertz CT molecular complexity index is 1730. The van der Waals surface area contributed by atoms with Crippen molar-refractivity contribution in [1.29, 1.82) is 0 Å². The molecule has 1 unspecified atom stereocenters. The number of fused-ring (bicyclic) bond motifs is 2. The van der Waals surface area contributed by atoms with E-state index < -0.39 is 12.0 Å². The molecule has 2 heterocycles. The van der Waals surface area contributed by atoms with Crippen molar-refractivity contribution in [2.24, 2.45) is 5.41 Å². The van der Waals surface area contributed by atoms with Crippen LogP contribution in [0.5, 0.6) is 0 Å². The van der Waals surface area contributed by atoms with Gasteiger partial charge in [0.25, 0.3) is 0 Å². The molecule has 1 aromatic heterocycles. The predicted octanol–water partition coefficient (Wildman–Crippen LogP) is 5.93. The van der Waals surface area contributed by atoms with Crippen molar-refractivity contribution in [2.45, 2.75) is 39.2 Å². The molecule has 43 heavy (non-hydrogen) atoms. The van der Waals surface area contributed by atoms with Gasteiger partial charge in [-0.2, -0.15) is 0 Å². The number of rotatable bonds is 7. The van der Waals surface area contributed by atoms with E-state index in [4.69, 9.17) is 4.74 Å². The summed E-state index contributed by atoms with van der Waals surface area (Å²) in [6.45, 7) is 4.73. The number of aromatic nitrogens is 1. The van der Waals surface area contributed by atoms with Crippen molar-refractivity contribution in [3.05, 3.63) is 107 Å². The molecule has 3 aromatic carbocycles. The number of carbonyl (C=O) groups excluding carboxylic acids is 3. The molecule has 0 fully saturated rings. The standard InChI is InChI=1S/C35H36N4O4/c1-35(2)18-28-32(30(40)19-35)33(22-12-14-23(15-13-22)34(42)43-3)39(29-11-7-6-10-27(29)38-28)21-31(41)36-17-16-24-20-37-26-9-5-4-8-25(24)26/h4-15,20,33,37-38H,16-19,21H2,1-3H3,(H,36,41). The smallest absolute Gasteiger partial charge is 0.337 e. The van der Waals surface area contributed by atoms with Gasteiger partial charge in [-0.25, -0.2) is 4.79 Å². The monoisotopic (exact) mass is 576 g/mol. The third-order valence-electron chi connectivity index (χ3n) is 8.36. The molecule has 2 aliphatic rings. The van der Waals surface area contributed by atoms with Crippen LogP contribution in [0, 0.1) is 5.41 Å². The number of benzene rings is 3. The minimum atomic E-state index is -0.527. The van der Waals surface area contributed by atoms with Crippen LogP contribution in [0.15, 0.2) is 90.3 Å². The van der Waals surface area contributed by atoms with Gasteiger partial charge < -0.3 is 25.3 Å². The first-order valence-corrected chi connectivity index (χ1v) is 14.6. The lowest BCUT2D eigenvalue weighted by Crippen LogP contribution is -2.42. The molecule has 1 atom stereocenters. The first-order chi connectivity index (χ1) is 20.7. The van der Waals surface area contributed by atoms with Crippen LogP contribution in [0.1, 0.15) is 54.2 Å². The van der Waals surface area contributed by atoms with Crippen molar-refractivity contribution in [3.63, 3.8) is 0 Å². The molecule has 1 aliphatic carbocycles. The van der Waals surface area contributed by atoms with E-state index in [0.717, 1.165) is 39.1 Å². The summed E-state index contributed by atoms with van der Waals surface area (Å²) in [5, 5.41) is 7.83. The Labute approximate surface area is 251 Å².